The van der Waals surface area contributed by atoms with Gasteiger partial charge in [0.05, 0.1) is 5.51 Å². The highest BCUT2D eigenvalue weighted by atomic mass is 35.5. The van der Waals surface area contributed by atoms with Crippen LogP contribution in [0.15, 0.2) is 11.7 Å². The normalized spacial score (nSPS) is 28.4. The fraction of sp³-hybridized carbons (Fsp3) is 0.700. The predicted octanol–water partition coefficient (Wildman–Crippen LogP) is 2.59. The number of likely N-dealkylation sites (tertiary alicyclic amines) is 1. The molecule has 0 bridgehead atoms. The van der Waals surface area contributed by atoms with Crippen molar-refractivity contribution in [2.24, 2.45) is 5.92 Å². The van der Waals surface area contributed by atoms with Gasteiger partial charge in [-0.3, -0.25) is 9.88 Å². The Kier molecular flexibility index (Phi) is 3.42. The van der Waals surface area contributed by atoms with E-state index < -0.39 is 0 Å². The third-order valence-electron chi connectivity index (χ3n) is 3.00. The molecule has 2 atom stereocenters. The highest BCUT2D eigenvalue weighted by molar-refractivity contribution is 7.09. The van der Waals surface area contributed by atoms with E-state index in [9.17, 15) is 0 Å². The van der Waals surface area contributed by atoms with Crippen LogP contribution in [0.3, 0.4) is 0 Å². The van der Waals surface area contributed by atoms with Gasteiger partial charge >= 0.3 is 0 Å². The monoisotopic (exact) mass is 230 g/mol. The van der Waals surface area contributed by atoms with E-state index in [1.54, 1.807) is 11.3 Å². The fourth-order valence-electron chi connectivity index (χ4n) is 2.05. The smallest absolute Gasteiger partial charge is 0.0794 e. The number of nitrogens with zero attached hydrogens (tertiary/aromatic N) is 2. The second-order valence-corrected chi connectivity index (χ2v) is 5.21. The van der Waals surface area contributed by atoms with Crippen molar-refractivity contribution in [2.45, 2.75) is 25.9 Å². The molecule has 0 aromatic carbocycles. The molecular weight excluding hydrogens is 216 g/mol. The maximum absolute atomic E-state index is 5.98. The first-order valence-electron chi connectivity index (χ1n) is 4.98. The van der Waals surface area contributed by atoms with Gasteiger partial charge in [0, 0.05) is 29.5 Å². The largest absolute Gasteiger partial charge is 0.294 e. The zero-order chi connectivity index (χ0) is 9.97. The lowest BCUT2D eigenvalue weighted by atomic mass is 10.1. The molecular formula is C10H15ClN2S. The van der Waals surface area contributed by atoms with Crippen LogP contribution in [0.25, 0.3) is 0 Å². The number of hydrogen-bond donors (Lipinski definition) is 0. The van der Waals surface area contributed by atoms with E-state index in [1.165, 1.54) is 17.8 Å². The molecule has 78 valence electrons. The van der Waals surface area contributed by atoms with Gasteiger partial charge < -0.3 is 0 Å². The van der Waals surface area contributed by atoms with Crippen LogP contribution in [0, 0.1) is 5.92 Å². The summed E-state index contributed by atoms with van der Waals surface area (Å²) in [5.41, 5.74) is 1.89. The van der Waals surface area contributed by atoms with Crippen LogP contribution in [-0.2, 0) is 6.54 Å². The molecule has 0 N–H and O–H groups in total. The third kappa shape index (κ3) is 2.10. The average Bonchev–Trinajstić information content (AvgIpc) is 2.77. The van der Waals surface area contributed by atoms with Crippen molar-refractivity contribution in [3.8, 4) is 0 Å². The number of rotatable bonds is 3. The first kappa shape index (κ1) is 10.4. The van der Waals surface area contributed by atoms with Crippen molar-refractivity contribution >= 4 is 22.9 Å². The SMILES string of the molecule is CC1CCN(Cc2cncs2)C1CCl. The van der Waals surface area contributed by atoms with Gasteiger partial charge in [0.25, 0.3) is 0 Å². The second-order valence-electron chi connectivity index (χ2n) is 3.93. The Morgan fingerprint density at radius 1 is 1.71 bits per heavy atom. The van der Waals surface area contributed by atoms with Crippen LogP contribution in [0.1, 0.15) is 18.2 Å². The summed E-state index contributed by atoms with van der Waals surface area (Å²) < 4.78 is 0. The fourth-order valence-corrected chi connectivity index (χ4v) is 3.17. The van der Waals surface area contributed by atoms with Gasteiger partial charge in [0.1, 0.15) is 0 Å². The van der Waals surface area contributed by atoms with Crippen LogP contribution in [0.4, 0.5) is 0 Å². The molecule has 1 aromatic rings. The molecule has 1 saturated heterocycles. The van der Waals surface area contributed by atoms with Crippen LogP contribution in [0.2, 0.25) is 0 Å². The lowest BCUT2D eigenvalue weighted by molar-refractivity contribution is 0.244. The van der Waals surface area contributed by atoms with Crippen molar-refractivity contribution in [1.29, 1.82) is 0 Å². The van der Waals surface area contributed by atoms with E-state index in [-0.39, 0.29) is 0 Å². The minimum absolute atomic E-state index is 0.554. The zero-order valence-corrected chi connectivity index (χ0v) is 9.89. The molecule has 14 heavy (non-hydrogen) atoms. The van der Waals surface area contributed by atoms with Gasteiger partial charge in [-0.1, -0.05) is 6.92 Å². The van der Waals surface area contributed by atoms with Crippen molar-refractivity contribution in [1.82, 2.24) is 9.88 Å². The molecule has 0 saturated carbocycles. The van der Waals surface area contributed by atoms with Crippen LogP contribution in [-0.4, -0.2) is 28.4 Å². The van der Waals surface area contributed by atoms with Gasteiger partial charge in [-0.15, -0.1) is 22.9 Å². The van der Waals surface area contributed by atoms with Crippen LogP contribution < -0.4 is 0 Å². The van der Waals surface area contributed by atoms with E-state index in [4.69, 9.17) is 11.6 Å². The molecule has 1 aromatic heterocycles. The molecule has 0 amide bonds. The highest BCUT2D eigenvalue weighted by Gasteiger charge is 2.30. The zero-order valence-electron chi connectivity index (χ0n) is 8.32. The lowest BCUT2D eigenvalue weighted by Gasteiger charge is -2.23. The first-order valence-corrected chi connectivity index (χ1v) is 6.40. The van der Waals surface area contributed by atoms with Crippen molar-refractivity contribution < 1.29 is 0 Å². The summed E-state index contributed by atoms with van der Waals surface area (Å²) in [5, 5.41) is 0. The van der Waals surface area contributed by atoms with E-state index in [2.05, 4.69) is 16.8 Å². The first-order chi connectivity index (χ1) is 6.81. The Balaban J connectivity index is 1.98. The van der Waals surface area contributed by atoms with Gasteiger partial charge in [-0.05, 0) is 18.9 Å². The minimum Gasteiger partial charge on any atom is -0.294 e. The Hall–Kier alpha value is -0.120. The highest BCUT2D eigenvalue weighted by Crippen LogP contribution is 2.27. The summed E-state index contributed by atoms with van der Waals surface area (Å²) in [5.74, 6) is 1.49. The molecule has 2 rings (SSSR count). The summed E-state index contributed by atoms with van der Waals surface area (Å²) >= 11 is 7.71. The number of hydrogen-bond acceptors (Lipinski definition) is 3. The Bertz CT molecular complexity index is 276. The standard InChI is InChI=1S/C10H15ClN2S/c1-8-2-3-13(10(8)4-11)6-9-5-12-7-14-9/h5,7-8,10H,2-4,6H2,1H3. The van der Waals surface area contributed by atoms with Crippen molar-refractivity contribution in [3.63, 3.8) is 0 Å². The van der Waals surface area contributed by atoms with Gasteiger partial charge in [0.2, 0.25) is 0 Å². The summed E-state index contributed by atoms with van der Waals surface area (Å²) in [7, 11) is 0. The maximum atomic E-state index is 5.98. The van der Waals surface area contributed by atoms with E-state index in [1.807, 2.05) is 11.7 Å². The topological polar surface area (TPSA) is 16.1 Å². The summed E-state index contributed by atoms with van der Waals surface area (Å²) in [6.45, 7) is 4.49. The van der Waals surface area contributed by atoms with Crippen LogP contribution >= 0.6 is 22.9 Å². The predicted molar refractivity (Wildman–Crippen MR) is 60.8 cm³/mol. The molecule has 0 radical (unpaired) electrons. The number of halogens is 1. The minimum atomic E-state index is 0.554. The van der Waals surface area contributed by atoms with E-state index in [0.29, 0.717) is 6.04 Å². The molecule has 2 nitrogen and oxygen atoms in total. The molecule has 2 unspecified atom stereocenters. The maximum Gasteiger partial charge on any atom is 0.0794 e. The Morgan fingerprint density at radius 3 is 3.21 bits per heavy atom. The quantitative estimate of drug-likeness (QED) is 0.743. The molecule has 1 aliphatic heterocycles. The van der Waals surface area contributed by atoms with Crippen LogP contribution in [0.5, 0.6) is 0 Å². The summed E-state index contributed by atoms with van der Waals surface area (Å²) in [6.07, 6.45) is 3.23. The molecule has 2 heterocycles. The molecule has 1 fully saturated rings. The van der Waals surface area contributed by atoms with Crippen molar-refractivity contribution in [2.75, 3.05) is 12.4 Å². The number of alkyl halides is 1. The lowest BCUT2D eigenvalue weighted by Crippen LogP contribution is -2.32. The number of aromatic nitrogens is 1. The Labute approximate surface area is 93.9 Å². The van der Waals surface area contributed by atoms with Gasteiger partial charge in [-0.25, -0.2) is 0 Å². The van der Waals surface area contributed by atoms with Gasteiger partial charge in [0.15, 0.2) is 0 Å². The molecule has 1 aliphatic rings. The second kappa shape index (κ2) is 4.60. The summed E-state index contributed by atoms with van der Waals surface area (Å²) in [6, 6.07) is 0.554. The molecule has 4 heteroatoms. The average molecular weight is 231 g/mol. The van der Waals surface area contributed by atoms with E-state index >= 15 is 0 Å². The summed E-state index contributed by atoms with van der Waals surface area (Å²) in [4.78, 5) is 7.91. The third-order valence-corrected chi connectivity index (χ3v) is 4.08. The van der Waals surface area contributed by atoms with E-state index in [0.717, 1.165) is 18.3 Å². The number of thiazole rings is 1. The van der Waals surface area contributed by atoms with Crippen molar-refractivity contribution in [3.05, 3.63) is 16.6 Å². The molecule has 0 spiro atoms. The molecule has 0 aliphatic carbocycles. The Morgan fingerprint density at radius 2 is 2.57 bits per heavy atom. The van der Waals surface area contributed by atoms with Gasteiger partial charge in [-0.2, -0.15) is 0 Å².